The zero-order chi connectivity index (χ0) is 7.49. The molecule has 0 rings (SSSR count). The molecule has 0 saturated carbocycles. The SMILES string of the molecule is CNP(C)(=N)N=[P+](C)N. The Labute approximate surface area is 56.7 Å². The minimum atomic E-state index is -1.95. The topological polar surface area (TPSA) is 74.3 Å². The maximum atomic E-state index is 7.47. The van der Waals surface area contributed by atoms with Crippen LogP contribution in [0.3, 0.4) is 0 Å². The van der Waals surface area contributed by atoms with E-state index in [0.717, 1.165) is 0 Å². The van der Waals surface area contributed by atoms with E-state index in [2.05, 4.69) is 9.60 Å². The largest absolute Gasteiger partial charge is 0.292 e. The van der Waals surface area contributed by atoms with Gasteiger partial charge in [-0.3, -0.25) is 10.2 Å². The number of nitrogens with two attached hydrogens (primary N) is 1. The summed E-state index contributed by atoms with van der Waals surface area (Å²) in [5.41, 5.74) is 5.42. The molecule has 0 amide bonds. The molecule has 6 heteroatoms. The molecule has 4 nitrogen and oxygen atoms in total. The first-order chi connectivity index (χ1) is 3.98. The highest BCUT2D eigenvalue weighted by Crippen LogP contribution is 2.42. The second kappa shape index (κ2) is 3.43. The molecule has 9 heavy (non-hydrogen) atoms. The third-order valence-electron chi connectivity index (χ3n) is 0.755. The lowest BCUT2D eigenvalue weighted by molar-refractivity contribution is 1.21. The third-order valence-corrected chi connectivity index (χ3v) is 4.19. The molecule has 0 aliphatic rings. The Hall–Kier alpha value is 0.250. The number of nitrogens with one attached hydrogen (secondary N) is 2. The summed E-state index contributed by atoms with van der Waals surface area (Å²) in [5, 5.41) is 10.3. The minimum Gasteiger partial charge on any atom is -0.281 e. The van der Waals surface area contributed by atoms with Crippen LogP contribution >= 0.6 is 15.2 Å². The summed E-state index contributed by atoms with van der Waals surface area (Å²) in [6, 6.07) is 0. The lowest BCUT2D eigenvalue weighted by Gasteiger charge is -2.02. The molecule has 4 N–H and O–H groups in total. The quantitative estimate of drug-likeness (QED) is 0.546. The molecule has 2 atom stereocenters. The first kappa shape index (κ1) is 9.25. The van der Waals surface area contributed by atoms with Gasteiger partial charge < -0.3 is 0 Å². The Kier molecular flexibility index (Phi) is 3.52. The van der Waals surface area contributed by atoms with Gasteiger partial charge in [0.25, 0.3) is 7.86 Å². The first-order valence-electron chi connectivity index (χ1n) is 2.50. The second-order valence-corrected chi connectivity index (χ2v) is 6.07. The van der Waals surface area contributed by atoms with Crippen LogP contribution in [-0.2, 0) is 0 Å². The molecule has 0 radical (unpaired) electrons. The molecule has 0 aliphatic heterocycles. The van der Waals surface area contributed by atoms with Gasteiger partial charge in [0.1, 0.15) is 6.66 Å². The van der Waals surface area contributed by atoms with Gasteiger partial charge in [0.05, 0.1) is 0 Å². The molecule has 0 saturated heterocycles. The Morgan fingerprint density at radius 2 is 2.22 bits per heavy atom. The van der Waals surface area contributed by atoms with Gasteiger partial charge in [-0.2, -0.15) is 0 Å². The summed E-state index contributed by atoms with van der Waals surface area (Å²) in [6.07, 6.45) is 0. The van der Waals surface area contributed by atoms with Gasteiger partial charge in [0.15, 0.2) is 7.36 Å². The van der Waals surface area contributed by atoms with Gasteiger partial charge in [-0.15, -0.1) is 5.50 Å². The fourth-order valence-corrected chi connectivity index (χ4v) is 2.94. The smallest absolute Gasteiger partial charge is 0.281 e. The zero-order valence-electron chi connectivity index (χ0n) is 5.92. The standard InChI is InChI=1S/C3H13N4P2/c1-6-9(3,5)7-8(2)4/h1-3H3,(H4,4,5,6,7)/q+1. The molecule has 0 aromatic carbocycles. The van der Waals surface area contributed by atoms with Crippen molar-refractivity contribution in [3.05, 3.63) is 0 Å². The van der Waals surface area contributed by atoms with Crippen LogP contribution in [0.1, 0.15) is 0 Å². The van der Waals surface area contributed by atoms with E-state index < -0.39 is 15.2 Å². The minimum absolute atomic E-state index is 0.770. The first-order valence-corrected chi connectivity index (χ1v) is 6.50. The molecule has 0 aromatic heterocycles. The third kappa shape index (κ3) is 4.73. The summed E-state index contributed by atoms with van der Waals surface area (Å²) >= 11 is 0. The molecule has 54 valence electrons. The second-order valence-electron chi connectivity index (χ2n) is 1.85. The highest BCUT2D eigenvalue weighted by atomic mass is 31.2. The maximum absolute atomic E-state index is 7.47. The predicted octanol–water partition coefficient (Wildman–Crippen LogP) is 1.61. The normalized spacial score (nSPS) is 19.3. The molecule has 0 heterocycles. The lowest BCUT2D eigenvalue weighted by atomic mass is 11.6. The summed E-state index contributed by atoms with van der Waals surface area (Å²) < 4.78 is 4.04. The van der Waals surface area contributed by atoms with Gasteiger partial charge >= 0.3 is 0 Å². The molecule has 2 unspecified atom stereocenters. The summed E-state index contributed by atoms with van der Waals surface area (Å²) in [4.78, 5) is 0. The molecule has 0 aromatic rings. The van der Waals surface area contributed by atoms with Gasteiger partial charge in [-0.1, -0.05) is 0 Å². The van der Waals surface area contributed by atoms with E-state index in [-0.39, 0.29) is 0 Å². The number of nitrogens with zero attached hydrogens (tertiary/aromatic N) is 1. The van der Waals surface area contributed by atoms with Crippen LogP contribution in [0, 0.1) is 5.16 Å². The zero-order valence-corrected chi connectivity index (χ0v) is 7.71. The molecular formula is C3H13N4P2+. The van der Waals surface area contributed by atoms with Crippen LogP contribution < -0.4 is 10.6 Å². The summed E-state index contributed by atoms with van der Waals surface area (Å²) in [5.74, 6) is 0. The van der Waals surface area contributed by atoms with E-state index in [4.69, 9.17) is 10.7 Å². The number of rotatable bonds is 2. The van der Waals surface area contributed by atoms with Gasteiger partial charge in [0.2, 0.25) is 0 Å². The molecule has 0 fully saturated rings. The lowest BCUT2D eigenvalue weighted by Crippen LogP contribution is -1.97. The Balaban J connectivity index is 4.20. The van der Waals surface area contributed by atoms with E-state index in [1.54, 1.807) is 13.7 Å². The van der Waals surface area contributed by atoms with Gasteiger partial charge in [0, 0.05) is 6.66 Å². The molecular weight excluding hydrogens is 154 g/mol. The Bertz CT molecular complexity index is 159. The fourth-order valence-electron chi connectivity index (χ4n) is 0.327. The van der Waals surface area contributed by atoms with Crippen molar-refractivity contribution in [3.63, 3.8) is 0 Å². The monoisotopic (exact) mass is 167 g/mol. The predicted molar refractivity (Wildman–Crippen MR) is 44.1 cm³/mol. The maximum Gasteiger partial charge on any atom is 0.292 e. The Morgan fingerprint density at radius 1 is 1.78 bits per heavy atom. The molecule has 0 spiro atoms. The van der Waals surface area contributed by atoms with Crippen LogP contribution in [0.15, 0.2) is 4.52 Å². The molecule has 0 bridgehead atoms. The van der Waals surface area contributed by atoms with Crippen molar-refractivity contribution in [2.24, 2.45) is 10.0 Å². The van der Waals surface area contributed by atoms with Gasteiger partial charge in [-0.05, 0) is 11.6 Å². The van der Waals surface area contributed by atoms with Gasteiger partial charge in [-0.25, -0.2) is 0 Å². The average Bonchev–Trinajstić information content (AvgIpc) is 1.63. The van der Waals surface area contributed by atoms with Crippen molar-refractivity contribution >= 4 is 15.2 Å². The summed E-state index contributed by atoms with van der Waals surface area (Å²) in [6.45, 7) is 3.61. The van der Waals surface area contributed by atoms with E-state index >= 15 is 0 Å². The number of hydrogen-bond donors (Lipinski definition) is 3. The average molecular weight is 167 g/mol. The van der Waals surface area contributed by atoms with Crippen LogP contribution in [0.5, 0.6) is 0 Å². The van der Waals surface area contributed by atoms with Crippen molar-refractivity contribution in [2.75, 3.05) is 20.4 Å². The van der Waals surface area contributed by atoms with Crippen molar-refractivity contribution in [3.8, 4) is 0 Å². The number of hydrogen-bond acceptors (Lipinski definition) is 1. The highest BCUT2D eigenvalue weighted by molar-refractivity contribution is 7.66. The molecule has 0 aliphatic carbocycles. The van der Waals surface area contributed by atoms with E-state index in [1.165, 1.54) is 0 Å². The fraction of sp³-hybridized carbons (Fsp3) is 1.00. The van der Waals surface area contributed by atoms with Crippen LogP contribution in [0.2, 0.25) is 0 Å². The van der Waals surface area contributed by atoms with Crippen molar-refractivity contribution < 1.29 is 0 Å². The van der Waals surface area contributed by atoms with Crippen molar-refractivity contribution in [1.82, 2.24) is 5.09 Å². The van der Waals surface area contributed by atoms with Crippen molar-refractivity contribution in [1.29, 1.82) is 5.16 Å². The van der Waals surface area contributed by atoms with E-state index in [9.17, 15) is 0 Å². The van der Waals surface area contributed by atoms with E-state index in [1.807, 2.05) is 6.66 Å². The van der Waals surface area contributed by atoms with Crippen molar-refractivity contribution in [2.45, 2.75) is 0 Å². The summed E-state index contributed by atoms with van der Waals surface area (Å²) in [7, 11) is -0.981. The highest BCUT2D eigenvalue weighted by Gasteiger charge is 2.08. The van der Waals surface area contributed by atoms with Crippen LogP contribution in [-0.4, -0.2) is 20.4 Å². The van der Waals surface area contributed by atoms with Crippen LogP contribution in [0.4, 0.5) is 0 Å². The van der Waals surface area contributed by atoms with E-state index in [0.29, 0.717) is 0 Å². The Morgan fingerprint density at radius 3 is 2.33 bits per heavy atom. The van der Waals surface area contributed by atoms with Crippen LogP contribution in [0.25, 0.3) is 0 Å².